The highest BCUT2D eigenvalue weighted by Crippen LogP contribution is 2.60. The van der Waals surface area contributed by atoms with Crippen LogP contribution in [-0.4, -0.2) is 10.2 Å². The lowest BCUT2D eigenvalue weighted by Gasteiger charge is -2.39. The van der Waals surface area contributed by atoms with Crippen LogP contribution in [0.3, 0.4) is 0 Å². The molecule has 0 radical (unpaired) electrons. The first kappa shape index (κ1) is 27.9. The maximum atomic E-state index is 11.5. The number of nitrogen functional groups attached to an aromatic ring is 2. The Kier molecular flexibility index (Phi) is 6.91. The number of fused-ring (bicyclic) bond motifs is 3. The SMILES string of the molecule is Cc1c(C2(c3cc(C4CCCCC4)c(O)c(N)c3C)c3ccccc3-c3ccccc32)cc(C2CCCCC2)c(O)c1N. The van der Waals surface area contributed by atoms with E-state index in [0.717, 1.165) is 59.1 Å². The first-order valence-corrected chi connectivity index (χ1v) is 16.3. The second-order valence-electron chi connectivity index (χ2n) is 13.3. The molecule has 7 rings (SSSR count). The van der Waals surface area contributed by atoms with Crippen molar-refractivity contribution in [3.8, 4) is 22.6 Å². The molecule has 6 N–H and O–H groups in total. The lowest BCUT2D eigenvalue weighted by atomic mass is 9.63. The molecular formula is C39H44N2O2. The van der Waals surface area contributed by atoms with Crippen molar-refractivity contribution in [1.29, 1.82) is 0 Å². The number of rotatable bonds is 4. The fraction of sp³-hybridized carbons (Fsp3) is 0.385. The number of nitrogens with two attached hydrogens (primary N) is 2. The van der Waals surface area contributed by atoms with Crippen molar-refractivity contribution in [1.82, 2.24) is 0 Å². The van der Waals surface area contributed by atoms with E-state index in [1.807, 2.05) is 0 Å². The third kappa shape index (κ3) is 4.09. The summed E-state index contributed by atoms with van der Waals surface area (Å²) in [5, 5.41) is 23.0. The van der Waals surface area contributed by atoms with E-state index in [0.29, 0.717) is 11.4 Å². The molecule has 0 saturated heterocycles. The Labute approximate surface area is 255 Å². The van der Waals surface area contributed by atoms with E-state index in [9.17, 15) is 10.2 Å². The van der Waals surface area contributed by atoms with Gasteiger partial charge in [-0.3, -0.25) is 0 Å². The Morgan fingerprint density at radius 2 is 0.930 bits per heavy atom. The predicted octanol–water partition coefficient (Wildman–Crippen LogP) is 9.34. The van der Waals surface area contributed by atoms with E-state index < -0.39 is 5.41 Å². The molecule has 0 aliphatic heterocycles. The topological polar surface area (TPSA) is 92.5 Å². The van der Waals surface area contributed by atoms with Gasteiger partial charge in [-0.1, -0.05) is 87.1 Å². The molecule has 0 bridgehead atoms. The number of hydrogen-bond donors (Lipinski definition) is 4. The molecule has 2 fully saturated rings. The van der Waals surface area contributed by atoms with Gasteiger partial charge in [0.05, 0.1) is 16.8 Å². The predicted molar refractivity (Wildman–Crippen MR) is 177 cm³/mol. The van der Waals surface area contributed by atoms with Crippen LogP contribution in [0.25, 0.3) is 11.1 Å². The molecule has 0 heterocycles. The van der Waals surface area contributed by atoms with E-state index in [-0.39, 0.29) is 23.3 Å². The molecule has 222 valence electrons. The molecule has 0 spiro atoms. The zero-order valence-electron chi connectivity index (χ0n) is 25.5. The minimum Gasteiger partial charge on any atom is -0.505 e. The Balaban J connectivity index is 1.62. The van der Waals surface area contributed by atoms with Crippen molar-refractivity contribution in [3.05, 3.63) is 105 Å². The van der Waals surface area contributed by atoms with Gasteiger partial charge < -0.3 is 21.7 Å². The fourth-order valence-electron chi connectivity index (χ4n) is 8.81. The molecule has 43 heavy (non-hydrogen) atoms. The third-order valence-electron chi connectivity index (χ3n) is 11.1. The number of aromatic hydroxyl groups is 2. The smallest absolute Gasteiger partial charge is 0.142 e. The molecular weight excluding hydrogens is 528 g/mol. The minimum atomic E-state index is -0.710. The summed E-state index contributed by atoms with van der Waals surface area (Å²) in [4.78, 5) is 0. The van der Waals surface area contributed by atoms with Crippen LogP contribution >= 0.6 is 0 Å². The molecule has 3 aliphatic rings. The average Bonchev–Trinajstić information content (AvgIpc) is 3.34. The Morgan fingerprint density at radius 1 is 0.558 bits per heavy atom. The standard InChI is InChI=1S/C39H44N2O2/c1-23-33(21-29(37(42)35(23)40)25-13-5-3-6-14-25)39(31-19-11-9-17-27(31)28-18-10-12-20-32(28)39)34-22-30(26-15-7-4-8-16-26)38(43)36(41)24(34)2/h9-12,17-22,25-26,42-43H,3-8,13-16,40-41H2,1-2H3. The maximum Gasteiger partial charge on any atom is 0.142 e. The second kappa shape index (κ2) is 10.7. The van der Waals surface area contributed by atoms with Crippen LogP contribution in [0.2, 0.25) is 0 Å². The second-order valence-corrected chi connectivity index (χ2v) is 13.3. The van der Waals surface area contributed by atoms with Gasteiger partial charge in [-0.05, 0) is 119 Å². The summed E-state index contributed by atoms with van der Waals surface area (Å²) < 4.78 is 0. The molecule has 3 aliphatic carbocycles. The number of anilines is 2. The first-order valence-electron chi connectivity index (χ1n) is 16.3. The molecule has 4 nitrogen and oxygen atoms in total. The van der Waals surface area contributed by atoms with Gasteiger partial charge in [0.1, 0.15) is 11.5 Å². The van der Waals surface area contributed by atoms with Crippen molar-refractivity contribution in [2.24, 2.45) is 0 Å². The lowest BCUT2D eigenvalue weighted by molar-refractivity contribution is 0.414. The molecule has 0 amide bonds. The van der Waals surface area contributed by atoms with E-state index in [1.165, 1.54) is 60.8 Å². The van der Waals surface area contributed by atoms with Gasteiger partial charge in [-0.2, -0.15) is 0 Å². The Hall–Kier alpha value is -3.92. The van der Waals surface area contributed by atoms with Crippen LogP contribution in [0.5, 0.6) is 11.5 Å². The summed E-state index contributed by atoms with van der Waals surface area (Å²) in [5.41, 5.74) is 24.7. The van der Waals surface area contributed by atoms with E-state index >= 15 is 0 Å². The average molecular weight is 573 g/mol. The quantitative estimate of drug-likeness (QED) is 0.127. The van der Waals surface area contributed by atoms with Crippen LogP contribution < -0.4 is 11.5 Å². The van der Waals surface area contributed by atoms with E-state index in [2.05, 4.69) is 74.5 Å². The van der Waals surface area contributed by atoms with Crippen molar-refractivity contribution in [2.75, 3.05) is 11.5 Å². The summed E-state index contributed by atoms with van der Waals surface area (Å²) in [6.07, 6.45) is 11.4. The van der Waals surface area contributed by atoms with Gasteiger partial charge in [0.25, 0.3) is 0 Å². The Bertz CT molecular complexity index is 1580. The largest absolute Gasteiger partial charge is 0.505 e. The number of phenols is 2. The van der Waals surface area contributed by atoms with Gasteiger partial charge >= 0.3 is 0 Å². The summed E-state index contributed by atoms with van der Waals surface area (Å²) in [6, 6.07) is 22.0. The highest BCUT2D eigenvalue weighted by molar-refractivity contribution is 5.89. The van der Waals surface area contributed by atoms with Crippen LogP contribution in [0, 0.1) is 13.8 Å². The molecule has 2 saturated carbocycles. The molecule has 0 aromatic heterocycles. The van der Waals surface area contributed by atoms with Gasteiger partial charge in [0, 0.05) is 0 Å². The number of benzene rings is 4. The zero-order chi connectivity index (χ0) is 29.9. The van der Waals surface area contributed by atoms with E-state index in [1.54, 1.807) is 0 Å². The summed E-state index contributed by atoms with van der Waals surface area (Å²) in [7, 11) is 0. The van der Waals surface area contributed by atoms with Crippen LogP contribution in [0.4, 0.5) is 11.4 Å². The first-order chi connectivity index (χ1) is 20.9. The minimum absolute atomic E-state index is 0.243. The van der Waals surface area contributed by atoms with E-state index in [4.69, 9.17) is 11.5 Å². The van der Waals surface area contributed by atoms with Gasteiger partial charge in [-0.15, -0.1) is 0 Å². The monoisotopic (exact) mass is 572 g/mol. The molecule has 4 heteroatoms. The van der Waals surface area contributed by atoms with Crippen LogP contribution in [0.15, 0.2) is 60.7 Å². The van der Waals surface area contributed by atoms with Gasteiger partial charge in [-0.25, -0.2) is 0 Å². The Morgan fingerprint density at radius 3 is 1.33 bits per heavy atom. The normalized spacial score (nSPS) is 18.4. The summed E-state index contributed by atoms with van der Waals surface area (Å²) in [5.74, 6) is 1.05. The van der Waals surface area contributed by atoms with Crippen molar-refractivity contribution in [3.63, 3.8) is 0 Å². The van der Waals surface area contributed by atoms with Crippen LogP contribution in [0.1, 0.15) is 121 Å². The van der Waals surface area contributed by atoms with Crippen LogP contribution in [-0.2, 0) is 5.41 Å². The fourth-order valence-corrected chi connectivity index (χ4v) is 8.81. The molecule has 0 atom stereocenters. The summed E-state index contributed by atoms with van der Waals surface area (Å²) >= 11 is 0. The van der Waals surface area contributed by atoms with Crippen molar-refractivity contribution in [2.45, 2.75) is 95.3 Å². The zero-order valence-corrected chi connectivity index (χ0v) is 25.5. The lowest BCUT2D eigenvalue weighted by Crippen LogP contribution is -2.32. The number of hydrogen-bond acceptors (Lipinski definition) is 4. The molecule has 4 aromatic rings. The number of phenolic OH excluding ortho intramolecular Hbond substituents is 2. The highest BCUT2D eigenvalue weighted by atomic mass is 16.3. The van der Waals surface area contributed by atoms with Gasteiger partial charge in [0.2, 0.25) is 0 Å². The third-order valence-corrected chi connectivity index (χ3v) is 11.1. The molecule has 4 aromatic carbocycles. The van der Waals surface area contributed by atoms with Crippen molar-refractivity contribution < 1.29 is 10.2 Å². The van der Waals surface area contributed by atoms with Gasteiger partial charge in [0.15, 0.2) is 0 Å². The van der Waals surface area contributed by atoms with Crippen molar-refractivity contribution >= 4 is 11.4 Å². The molecule has 0 unspecified atom stereocenters. The maximum absolute atomic E-state index is 11.5. The summed E-state index contributed by atoms with van der Waals surface area (Å²) in [6.45, 7) is 4.11. The highest BCUT2D eigenvalue weighted by Gasteiger charge is 2.49.